The number of halogens is 2. The topological polar surface area (TPSA) is 65.5 Å². The second kappa shape index (κ2) is 7.57. The Bertz CT molecular complexity index is 687. The number of hydrogen-bond acceptors (Lipinski definition) is 6. The van der Waals surface area contributed by atoms with E-state index in [1.54, 1.807) is 4.90 Å². The van der Waals surface area contributed by atoms with E-state index in [2.05, 4.69) is 0 Å². The lowest BCUT2D eigenvalue weighted by Crippen LogP contribution is -2.42. The summed E-state index contributed by atoms with van der Waals surface area (Å²) in [6.07, 6.45) is -1.43. The highest BCUT2D eigenvalue weighted by Crippen LogP contribution is 2.31. The van der Waals surface area contributed by atoms with Gasteiger partial charge in [-0.05, 0) is 20.8 Å². The maximum absolute atomic E-state index is 14.8. The van der Waals surface area contributed by atoms with Gasteiger partial charge < -0.3 is 14.7 Å². The van der Waals surface area contributed by atoms with Crippen molar-refractivity contribution < 1.29 is 28.3 Å². The first-order valence-electron chi connectivity index (χ1n) is 8.94. The predicted octanol–water partition coefficient (Wildman–Crippen LogP) is 2.13. The quantitative estimate of drug-likeness (QED) is 0.860. The van der Waals surface area contributed by atoms with E-state index in [-0.39, 0.29) is 30.1 Å². The van der Waals surface area contributed by atoms with Crippen LogP contribution in [-0.4, -0.2) is 67.3 Å². The van der Waals surface area contributed by atoms with Crippen molar-refractivity contribution in [3.05, 3.63) is 23.8 Å². The molecule has 0 saturated carbocycles. The van der Waals surface area contributed by atoms with Crippen LogP contribution in [-0.2, 0) is 9.57 Å². The van der Waals surface area contributed by atoms with Crippen LogP contribution in [0.2, 0.25) is 0 Å². The monoisotopic (exact) mass is 385 g/mol. The summed E-state index contributed by atoms with van der Waals surface area (Å²) in [5, 5.41) is 10.9. The highest BCUT2D eigenvalue weighted by Gasteiger charge is 2.34. The average Bonchev–Trinajstić information content (AvgIpc) is 2.79. The Labute approximate surface area is 157 Å². The SMILES string of the molecule is CC(C)(C)N1CCN(c2c(F)cc(N3C[C@H](CO)OC3=O)cc2F)CCO1. The molecule has 0 bridgehead atoms. The minimum Gasteiger partial charge on any atom is -0.441 e. The highest BCUT2D eigenvalue weighted by molar-refractivity contribution is 5.90. The molecule has 0 aromatic heterocycles. The molecule has 0 aliphatic carbocycles. The lowest BCUT2D eigenvalue weighted by Gasteiger charge is -2.33. The van der Waals surface area contributed by atoms with Crippen molar-refractivity contribution in [2.45, 2.75) is 32.4 Å². The van der Waals surface area contributed by atoms with Gasteiger partial charge in [-0.2, -0.15) is 5.06 Å². The van der Waals surface area contributed by atoms with E-state index in [1.807, 2.05) is 25.8 Å². The molecule has 0 spiro atoms. The Morgan fingerprint density at radius 3 is 2.41 bits per heavy atom. The second-order valence-corrected chi connectivity index (χ2v) is 7.65. The van der Waals surface area contributed by atoms with Crippen molar-refractivity contribution in [2.24, 2.45) is 0 Å². The first kappa shape index (κ1) is 19.8. The maximum Gasteiger partial charge on any atom is 0.414 e. The molecule has 1 aromatic rings. The van der Waals surface area contributed by atoms with Crippen LogP contribution in [0.5, 0.6) is 0 Å². The molecule has 9 heteroatoms. The molecule has 0 unspecified atom stereocenters. The Morgan fingerprint density at radius 1 is 1.19 bits per heavy atom. The smallest absolute Gasteiger partial charge is 0.414 e. The Hall–Kier alpha value is -1.97. The maximum atomic E-state index is 14.8. The fourth-order valence-corrected chi connectivity index (χ4v) is 3.24. The van der Waals surface area contributed by atoms with Gasteiger partial charge in [-0.1, -0.05) is 0 Å². The number of aliphatic hydroxyl groups excluding tert-OH is 1. The van der Waals surface area contributed by atoms with Gasteiger partial charge in [-0.15, -0.1) is 0 Å². The summed E-state index contributed by atoms with van der Waals surface area (Å²) in [4.78, 5) is 20.3. The van der Waals surface area contributed by atoms with Crippen LogP contribution in [0, 0.1) is 11.6 Å². The van der Waals surface area contributed by atoms with Crippen molar-refractivity contribution in [3.8, 4) is 0 Å². The number of nitrogens with zero attached hydrogens (tertiary/aromatic N) is 3. The van der Waals surface area contributed by atoms with Crippen LogP contribution in [0.4, 0.5) is 25.0 Å². The number of hydroxylamine groups is 2. The summed E-state index contributed by atoms with van der Waals surface area (Å²) in [5.74, 6) is -1.51. The molecular weight excluding hydrogens is 360 g/mol. The van der Waals surface area contributed by atoms with Gasteiger partial charge in [0.1, 0.15) is 11.8 Å². The van der Waals surface area contributed by atoms with E-state index in [1.165, 1.54) is 0 Å². The Morgan fingerprint density at radius 2 is 1.85 bits per heavy atom. The number of cyclic esters (lactones) is 1. The lowest BCUT2D eigenvalue weighted by atomic mass is 10.1. The zero-order valence-corrected chi connectivity index (χ0v) is 15.7. The number of carbonyl (C=O) groups excluding carboxylic acids is 1. The first-order valence-corrected chi connectivity index (χ1v) is 8.94. The third-order valence-corrected chi connectivity index (χ3v) is 4.64. The van der Waals surface area contributed by atoms with Crippen LogP contribution < -0.4 is 9.80 Å². The average molecular weight is 385 g/mol. The molecule has 1 amide bonds. The van der Waals surface area contributed by atoms with Gasteiger partial charge in [0.2, 0.25) is 0 Å². The van der Waals surface area contributed by atoms with Gasteiger partial charge in [0.15, 0.2) is 11.6 Å². The molecule has 2 aliphatic heterocycles. The van der Waals surface area contributed by atoms with E-state index >= 15 is 0 Å². The molecule has 3 rings (SSSR count). The van der Waals surface area contributed by atoms with Crippen LogP contribution in [0.25, 0.3) is 0 Å². The predicted molar refractivity (Wildman–Crippen MR) is 95.7 cm³/mol. The summed E-state index contributed by atoms with van der Waals surface area (Å²) >= 11 is 0. The number of aliphatic hydroxyl groups is 1. The molecule has 2 heterocycles. The molecule has 2 aliphatic rings. The fraction of sp³-hybridized carbons (Fsp3) is 0.611. The highest BCUT2D eigenvalue weighted by atomic mass is 19.1. The molecule has 0 radical (unpaired) electrons. The first-order chi connectivity index (χ1) is 12.7. The normalized spacial score (nSPS) is 22.1. The van der Waals surface area contributed by atoms with Gasteiger partial charge in [0.25, 0.3) is 0 Å². The van der Waals surface area contributed by atoms with Gasteiger partial charge in [-0.25, -0.2) is 13.6 Å². The third-order valence-electron chi connectivity index (χ3n) is 4.64. The van der Waals surface area contributed by atoms with Crippen molar-refractivity contribution in [2.75, 3.05) is 49.2 Å². The molecule has 27 heavy (non-hydrogen) atoms. The molecule has 150 valence electrons. The number of benzene rings is 1. The molecule has 2 saturated heterocycles. The van der Waals surface area contributed by atoms with Crippen molar-refractivity contribution in [1.29, 1.82) is 0 Å². The van der Waals surface area contributed by atoms with Gasteiger partial charge >= 0.3 is 6.09 Å². The molecule has 1 atom stereocenters. The molecule has 1 aromatic carbocycles. The Balaban J connectivity index is 1.80. The van der Waals surface area contributed by atoms with Crippen LogP contribution in [0.1, 0.15) is 20.8 Å². The van der Waals surface area contributed by atoms with Crippen LogP contribution in [0.3, 0.4) is 0 Å². The van der Waals surface area contributed by atoms with Gasteiger partial charge in [-0.3, -0.25) is 9.74 Å². The number of hydrogen-bond donors (Lipinski definition) is 1. The van der Waals surface area contributed by atoms with Crippen LogP contribution >= 0.6 is 0 Å². The molecule has 1 N–H and O–H groups in total. The number of amides is 1. The standard InChI is InChI=1S/C18H25F2N3O4/c1-18(2,3)23-5-4-21(6-7-26-23)16-14(19)8-12(9-15(16)20)22-10-13(11-24)27-17(22)25/h8-9,13,24H,4-7,10-11H2,1-3H3/t13-/m1/s1. The van der Waals surface area contributed by atoms with Gasteiger partial charge in [0, 0.05) is 37.3 Å². The second-order valence-electron chi connectivity index (χ2n) is 7.65. The van der Waals surface area contributed by atoms with E-state index in [9.17, 15) is 13.6 Å². The van der Waals surface area contributed by atoms with Gasteiger partial charge in [0.05, 0.1) is 25.4 Å². The largest absolute Gasteiger partial charge is 0.441 e. The van der Waals surface area contributed by atoms with E-state index in [0.717, 1.165) is 17.0 Å². The summed E-state index contributed by atoms with van der Waals surface area (Å²) < 4.78 is 34.4. The minimum absolute atomic E-state index is 0.0473. The van der Waals surface area contributed by atoms with Crippen molar-refractivity contribution >= 4 is 17.5 Å². The van der Waals surface area contributed by atoms with E-state index in [4.69, 9.17) is 14.7 Å². The van der Waals surface area contributed by atoms with Crippen molar-refractivity contribution in [3.63, 3.8) is 0 Å². The number of anilines is 2. The molecule has 2 fully saturated rings. The summed E-state index contributed by atoms with van der Waals surface area (Å²) in [6, 6.07) is 2.24. The molecule has 7 nitrogen and oxygen atoms in total. The summed E-state index contributed by atoms with van der Waals surface area (Å²) in [7, 11) is 0. The van der Waals surface area contributed by atoms with E-state index in [0.29, 0.717) is 26.2 Å². The fourth-order valence-electron chi connectivity index (χ4n) is 3.24. The van der Waals surface area contributed by atoms with Crippen LogP contribution in [0.15, 0.2) is 12.1 Å². The third kappa shape index (κ3) is 4.15. The number of carbonyl (C=O) groups is 1. The summed E-state index contributed by atoms with van der Waals surface area (Å²) in [5.41, 5.74) is -0.280. The lowest BCUT2D eigenvalue weighted by molar-refractivity contribution is -0.199. The number of rotatable bonds is 3. The number of ether oxygens (including phenoxy) is 1. The Kier molecular flexibility index (Phi) is 5.55. The van der Waals surface area contributed by atoms with E-state index < -0.39 is 23.8 Å². The summed E-state index contributed by atoms with van der Waals surface area (Å²) in [6.45, 7) is 7.29. The van der Waals surface area contributed by atoms with Crippen molar-refractivity contribution in [1.82, 2.24) is 5.06 Å². The minimum atomic E-state index is -0.755. The zero-order chi connectivity index (χ0) is 19.8. The zero-order valence-electron chi connectivity index (χ0n) is 15.7. The molecular formula is C18H25F2N3O4.